The number of rotatable bonds is 9. The van der Waals surface area contributed by atoms with Gasteiger partial charge in [-0.05, 0) is 35.7 Å². The molecule has 194 valence electrons. The van der Waals surface area contributed by atoms with Crippen LogP contribution < -0.4 is 15.4 Å². The van der Waals surface area contributed by atoms with Crippen molar-refractivity contribution >= 4 is 28.9 Å². The van der Waals surface area contributed by atoms with Gasteiger partial charge in [-0.3, -0.25) is 4.79 Å². The smallest absolute Gasteiger partial charge is 0.303 e. The molecule has 0 saturated carbocycles. The van der Waals surface area contributed by atoms with Crippen molar-refractivity contribution in [2.45, 2.75) is 31.5 Å². The average molecular weight is 536 g/mol. The van der Waals surface area contributed by atoms with Crippen molar-refractivity contribution in [1.82, 2.24) is 4.98 Å². The first-order valence-electron chi connectivity index (χ1n) is 12.0. The molecule has 1 aromatic heterocycles. The molecule has 1 aliphatic rings. The SMILES string of the molecule is O=C(O)CCc1ccc(CC2(c3cccnc3OCc3ccccc3Cl)Nc3cc(F)c(F)cc3N2)cc1. The van der Waals surface area contributed by atoms with Crippen LogP contribution in [0.15, 0.2) is 79.0 Å². The number of nitrogens with zero attached hydrogens (tertiary/aromatic N) is 1. The number of benzene rings is 3. The van der Waals surface area contributed by atoms with Gasteiger partial charge in [0.15, 0.2) is 11.6 Å². The number of pyridine rings is 1. The van der Waals surface area contributed by atoms with Crippen LogP contribution in [0.25, 0.3) is 0 Å². The fraction of sp³-hybridized carbons (Fsp3) is 0.172. The van der Waals surface area contributed by atoms with Crippen LogP contribution >= 0.6 is 11.6 Å². The number of fused-ring (bicyclic) bond motifs is 1. The summed E-state index contributed by atoms with van der Waals surface area (Å²) in [4.78, 5) is 15.4. The van der Waals surface area contributed by atoms with Gasteiger partial charge in [0.2, 0.25) is 5.88 Å². The average Bonchev–Trinajstić information content (AvgIpc) is 3.25. The zero-order valence-electron chi connectivity index (χ0n) is 20.2. The summed E-state index contributed by atoms with van der Waals surface area (Å²) in [6.07, 6.45) is 2.43. The first-order chi connectivity index (χ1) is 18.3. The van der Waals surface area contributed by atoms with Gasteiger partial charge < -0.3 is 20.5 Å². The Morgan fingerprint density at radius 3 is 2.26 bits per heavy atom. The molecule has 0 bridgehead atoms. The fourth-order valence-electron chi connectivity index (χ4n) is 4.54. The number of carboxylic acids is 1. The normalized spacial score (nSPS) is 13.3. The van der Waals surface area contributed by atoms with E-state index in [-0.39, 0.29) is 13.0 Å². The van der Waals surface area contributed by atoms with Gasteiger partial charge in [0.25, 0.3) is 0 Å². The number of anilines is 2. The van der Waals surface area contributed by atoms with Crippen LogP contribution in [-0.4, -0.2) is 16.1 Å². The van der Waals surface area contributed by atoms with E-state index in [0.717, 1.165) is 28.8 Å². The van der Waals surface area contributed by atoms with Gasteiger partial charge in [-0.2, -0.15) is 0 Å². The largest absolute Gasteiger partial charge is 0.481 e. The molecule has 0 radical (unpaired) electrons. The molecule has 2 heterocycles. The molecule has 6 nitrogen and oxygen atoms in total. The van der Waals surface area contributed by atoms with Crippen LogP contribution in [0.5, 0.6) is 5.88 Å². The lowest BCUT2D eigenvalue weighted by Crippen LogP contribution is -2.41. The molecule has 0 saturated heterocycles. The van der Waals surface area contributed by atoms with Crippen molar-refractivity contribution in [3.05, 3.63) is 118 Å². The van der Waals surface area contributed by atoms with Gasteiger partial charge in [0.05, 0.1) is 16.9 Å². The molecule has 0 aliphatic carbocycles. The molecule has 0 fully saturated rings. The van der Waals surface area contributed by atoms with E-state index >= 15 is 0 Å². The minimum absolute atomic E-state index is 0.0423. The molecule has 0 atom stereocenters. The number of carbonyl (C=O) groups is 1. The summed E-state index contributed by atoms with van der Waals surface area (Å²) in [7, 11) is 0. The second-order valence-electron chi connectivity index (χ2n) is 9.09. The zero-order chi connectivity index (χ0) is 26.7. The van der Waals surface area contributed by atoms with Gasteiger partial charge in [0.1, 0.15) is 12.3 Å². The van der Waals surface area contributed by atoms with E-state index in [2.05, 4.69) is 15.6 Å². The Labute approximate surface area is 223 Å². The second-order valence-corrected chi connectivity index (χ2v) is 9.50. The molecule has 9 heteroatoms. The molecule has 0 spiro atoms. The van der Waals surface area contributed by atoms with E-state index in [9.17, 15) is 13.6 Å². The Balaban J connectivity index is 1.49. The number of aromatic nitrogens is 1. The third-order valence-electron chi connectivity index (χ3n) is 6.43. The van der Waals surface area contributed by atoms with Gasteiger partial charge in [-0.25, -0.2) is 13.8 Å². The van der Waals surface area contributed by atoms with Crippen molar-refractivity contribution in [2.75, 3.05) is 10.6 Å². The minimum atomic E-state index is -1.05. The lowest BCUT2D eigenvalue weighted by Gasteiger charge is -2.32. The molecule has 3 aromatic carbocycles. The lowest BCUT2D eigenvalue weighted by atomic mass is 9.92. The maximum atomic E-state index is 14.1. The topological polar surface area (TPSA) is 83.5 Å². The van der Waals surface area contributed by atoms with Gasteiger partial charge >= 0.3 is 5.97 Å². The molecule has 38 heavy (non-hydrogen) atoms. The molecule has 1 aliphatic heterocycles. The monoisotopic (exact) mass is 535 g/mol. The van der Waals surface area contributed by atoms with Crippen molar-refractivity contribution in [3.63, 3.8) is 0 Å². The van der Waals surface area contributed by atoms with Crippen LogP contribution in [0.3, 0.4) is 0 Å². The number of carboxylic acid groups (broad SMARTS) is 1. The summed E-state index contributed by atoms with van der Waals surface area (Å²) in [5, 5.41) is 16.2. The van der Waals surface area contributed by atoms with E-state index in [1.54, 1.807) is 18.3 Å². The molecule has 4 aromatic rings. The highest BCUT2D eigenvalue weighted by molar-refractivity contribution is 6.31. The Kier molecular flexibility index (Phi) is 7.15. The third-order valence-corrected chi connectivity index (χ3v) is 6.80. The third kappa shape index (κ3) is 5.40. The highest BCUT2D eigenvalue weighted by Crippen LogP contribution is 2.44. The zero-order valence-corrected chi connectivity index (χ0v) is 20.9. The first kappa shape index (κ1) is 25.5. The highest BCUT2D eigenvalue weighted by atomic mass is 35.5. The van der Waals surface area contributed by atoms with Crippen molar-refractivity contribution in [2.24, 2.45) is 0 Å². The Bertz CT molecular complexity index is 1450. The summed E-state index contributed by atoms with van der Waals surface area (Å²) in [6.45, 7) is 0.175. The second kappa shape index (κ2) is 10.7. The number of halogens is 3. The predicted molar refractivity (Wildman–Crippen MR) is 141 cm³/mol. The first-order valence-corrected chi connectivity index (χ1v) is 12.4. The van der Waals surface area contributed by atoms with Crippen LogP contribution in [0.2, 0.25) is 5.02 Å². The van der Waals surface area contributed by atoms with E-state index < -0.39 is 23.3 Å². The molecular weight excluding hydrogens is 512 g/mol. The molecule has 0 unspecified atom stereocenters. The number of hydrogen-bond acceptors (Lipinski definition) is 5. The number of ether oxygens (including phenoxy) is 1. The van der Waals surface area contributed by atoms with E-state index in [4.69, 9.17) is 21.4 Å². The van der Waals surface area contributed by atoms with Gasteiger partial charge in [-0.1, -0.05) is 54.1 Å². The number of nitrogens with one attached hydrogen (secondary N) is 2. The molecule has 3 N–H and O–H groups in total. The quantitative estimate of drug-likeness (QED) is 0.226. The Hall–Kier alpha value is -4.17. The summed E-state index contributed by atoms with van der Waals surface area (Å²) in [6, 6.07) is 20.8. The summed E-state index contributed by atoms with van der Waals surface area (Å²) < 4.78 is 34.4. The van der Waals surface area contributed by atoms with Gasteiger partial charge in [-0.15, -0.1) is 0 Å². The van der Waals surface area contributed by atoms with E-state index in [0.29, 0.717) is 40.7 Å². The molecular formula is C29H24ClF2N3O3. The van der Waals surface area contributed by atoms with Crippen LogP contribution in [-0.2, 0) is 29.9 Å². The fourth-order valence-corrected chi connectivity index (χ4v) is 4.73. The van der Waals surface area contributed by atoms with Crippen LogP contribution in [0, 0.1) is 11.6 Å². The van der Waals surface area contributed by atoms with Crippen molar-refractivity contribution in [1.29, 1.82) is 0 Å². The number of aliphatic carboxylic acids is 1. The summed E-state index contributed by atoms with van der Waals surface area (Å²) in [5.41, 5.74) is 2.99. The van der Waals surface area contributed by atoms with Crippen molar-refractivity contribution in [3.8, 4) is 5.88 Å². The standard InChI is InChI=1S/C29H24ClF2N3O3/c30-22-6-2-1-4-20(22)17-38-28-21(5-3-13-33-28)29(34-25-14-23(31)24(32)15-26(25)35-29)16-19-9-7-18(8-10-19)11-12-27(36)37/h1-10,13-15,34-35H,11-12,16-17H2,(H,36,37). The van der Waals surface area contributed by atoms with Crippen molar-refractivity contribution < 1.29 is 23.4 Å². The maximum absolute atomic E-state index is 14.1. The summed E-state index contributed by atoms with van der Waals surface area (Å²) >= 11 is 6.31. The predicted octanol–water partition coefficient (Wildman–Crippen LogP) is 6.54. The lowest BCUT2D eigenvalue weighted by molar-refractivity contribution is -0.136. The molecule has 0 amide bonds. The number of aryl methyl sites for hydroxylation is 1. The van der Waals surface area contributed by atoms with E-state index in [1.807, 2.05) is 48.5 Å². The summed E-state index contributed by atoms with van der Waals surface area (Å²) in [5.74, 6) is -2.44. The van der Waals surface area contributed by atoms with Crippen LogP contribution in [0.1, 0.15) is 28.7 Å². The maximum Gasteiger partial charge on any atom is 0.303 e. The van der Waals surface area contributed by atoms with E-state index in [1.165, 1.54) is 0 Å². The number of hydrogen-bond donors (Lipinski definition) is 3. The Morgan fingerprint density at radius 1 is 0.947 bits per heavy atom. The molecule has 5 rings (SSSR count). The van der Waals surface area contributed by atoms with Gasteiger partial charge in [0, 0.05) is 41.8 Å². The minimum Gasteiger partial charge on any atom is -0.481 e. The highest BCUT2D eigenvalue weighted by Gasteiger charge is 2.41. The Morgan fingerprint density at radius 2 is 1.61 bits per heavy atom. The van der Waals surface area contributed by atoms with Crippen LogP contribution in [0.4, 0.5) is 20.2 Å².